The molecule has 1 rings (SSSR count). The number of hydrogen-bond acceptors (Lipinski definition) is 5. The van der Waals surface area contributed by atoms with Gasteiger partial charge in [0.2, 0.25) is 0 Å². The highest BCUT2D eigenvalue weighted by Gasteiger charge is 2.12. The highest BCUT2D eigenvalue weighted by molar-refractivity contribution is 6.18. The Kier molecular flexibility index (Phi) is 6.90. The van der Waals surface area contributed by atoms with Gasteiger partial charge in [-0.05, 0) is 0 Å². The quantitative estimate of drug-likeness (QED) is 0.739. The van der Waals surface area contributed by atoms with E-state index < -0.39 is 12.2 Å². The topological polar surface area (TPSA) is 108 Å². The van der Waals surface area contributed by atoms with Gasteiger partial charge in [-0.3, -0.25) is 0 Å². The summed E-state index contributed by atoms with van der Waals surface area (Å²) in [5.74, 6) is 0.962. The van der Waals surface area contributed by atoms with Crippen molar-refractivity contribution >= 4 is 41.1 Å². The first kappa shape index (κ1) is 17.2. The van der Waals surface area contributed by atoms with Crippen LogP contribution in [0.1, 0.15) is 0 Å². The predicted molar refractivity (Wildman–Crippen MR) is 80.5 cm³/mol. The van der Waals surface area contributed by atoms with Crippen LogP contribution < -0.4 is 25.8 Å². The van der Waals surface area contributed by atoms with Crippen LogP contribution in [0.2, 0.25) is 0 Å². The van der Waals surface area contributed by atoms with Crippen LogP contribution in [-0.2, 0) is 0 Å². The van der Waals surface area contributed by atoms with E-state index in [1.807, 2.05) is 4.90 Å². The fourth-order valence-electron chi connectivity index (χ4n) is 1.66. The first-order valence-electron chi connectivity index (χ1n) is 5.92. The Hall–Kier alpha value is -1.86. The minimum Gasteiger partial charge on any atom is -0.410 e. The fourth-order valence-corrected chi connectivity index (χ4v) is 2.07. The lowest BCUT2D eigenvalue weighted by Gasteiger charge is -2.23. The molecule has 0 atom stereocenters. The van der Waals surface area contributed by atoms with Crippen LogP contribution >= 0.6 is 23.2 Å². The second kappa shape index (κ2) is 8.43. The molecule has 1 aromatic carbocycles. The monoisotopic (exact) mass is 335 g/mol. The number of rotatable bonds is 7. The standard InChI is InChI=1S/C12H15Cl2N3O4/c13-1-3-17(4-2-14)8-5-9(20-11(15)18)7-10(6-8)21-12(16)19/h5-7H,1-4H2,(H2,15,18)(H2,16,19). The molecule has 116 valence electrons. The van der Waals surface area contributed by atoms with Crippen molar-refractivity contribution in [2.45, 2.75) is 0 Å². The van der Waals surface area contributed by atoms with Crippen LogP contribution in [0.4, 0.5) is 15.3 Å². The lowest BCUT2D eigenvalue weighted by atomic mass is 10.2. The zero-order valence-electron chi connectivity index (χ0n) is 11.1. The predicted octanol–water partition coefficient (Wildman–Crippen LogP) is 1.89. The van der Waals surface area contributed by atoms with Gasteiger partial charge in [0.05, 0.1) is 0 Å². The smallest absolute Gasteiger partial charge is 0.409 e. The summed E-state index contributed by atoms with van der Waals surface area (Å²) in [5.41, 5.74) is 10.5. The molecule has 21 heavy (non-hydrogen) atoms. The minimum atomic E-state index is -0.988. The summed E-state index contributed by atoms with van der Waals surface area (Å²) in [5, 5.41) is 0. The Morgan fingerprint density at radius 2 is 1.38 bits per heavy atom. The van der Waals surface area contributed by atoms with Gasteiger partial charge in [0, 0.05) is 48.7 Å². The summed E-state index contributed by atoms with van der Waals surface area (Å²) >= 11 is 11.5. The maximum Gasteiger partial charge on any atom is 0.409 e. The third-order valence-electron chi connectivity index (χ3n) is 2.38. The molecule has 0 bridgehead atoms. The van der Waals surface area contributed by atoms with Crippen LogP contribution in [-0.4, -0.2) is 37.0 Å². The van der Waals surface area contributed by atoms with Gasteiger partial charge in [0.1, 0.15) is 11.5 Å². The molecular formula is C12H15Cl2N3O4. The summed E-state index contributed by atoms with van der Waals surface area (Å²) in [4.78, 5) is 23.5. The number of alkyl halides is 2. The minimum absolute atomic E-state index is 0.116. The molecule has 0 heterocycles. The molecular weight excluding hydrogens is 321 g/mol. The van der Waals surface area contributed by atoms with Gasteiger partial charge in [-0.2, -0.15) is 0 Å². The highest BCUT2D eigenvalue weighted by atomic mass is 35.5. The normalized spacial score (nSPS) is 10.0. The molecule has 2 amide bonds. The molecule has 1 aromatic rings. The van der Waals surface area contributed by atoms with Gasteiger partial charge in [0.15, 0.2) is 0 Å². The fraction of sp³-hybridized carbons (Fsp3) is 0.333. The van der Waals surface area contributed by atoms with Crippen molar-refractivity contribution < 1.29 is 19.1 Å². The molecule has 4 N–H and O–H groups in total. The molecule has 9 heteroatoms. The van der Waals surface area contributed by atoms with Crippen molar-refractivity contribution in [3.8, 4) is 11.5 Å². The van der Waals surface area contributed by atoms with Crippen molar-refractivity contribution in [1.29, 1.82) is 0 Å². The van der Waals surface area contributed by atoms with Crippen molar-refractivity contribution in [3.05, 3.63) is 18.2 Å². The summed E-state index contributed by atoms with van der Waals surface area (Å²) in [6.07, 6.45) is -1.98. The van der Waals surface area contributed by atoms with Gasteiger partial charge < -0.3 is 25.8 Å². The van der Waals surface area contributed by atoms with Crippen molar-refractivity contribution in [2.24, 2.45) is 11.5 Å². The number of ether oxygens (including phenoxy) is 2. The molecule has 0 spiro atoms. The average molecular weight is 336 g/mol. The molecule has 0 fully saturated rings. The Balaban J connectivity index is 3.14. The third-order valence-corrected chi connectivity index (χ3v) is 2.71. The Morgan fingerprint density at radius 1 is 0.952 bits per heavy atom. The molecule has 0 aliphatic rings. The number of halogens is 2. The van der Waals surface area contributed by atoms with E-state index in [2.05, 4.69) is 0 Å². The largest absolute Gasteiger partial charge is 0.410 e. The molecule has 0 unspecified atom stereocenters. The number of carbonyl (C=O) groups excluding carboxylic acids is 2. The molecule has 0 saturated heterocycles. The summed E-state index contributed by atoms with van der Waals surface area (Å²) in [7, 11) is 0. The number of hydrogen-bond donors (Lipinski definition) is 2. The average Bonchev–Trinajstić information content (AvgIpc) is 2.36. The molecule has 0 aliphatic heterocycles. The number of primary amides is 2. The second-order valence-corrected chi connectivity index (χ2v) is 4.63. The van der Waals surface area contributed by atoms with Crippen LogP contribution in [0.5, 0.6) is 11.5 Å². The maximum absolute atomic E-state index is 10.8. The second-order valence-electron chi connectivity index (χ2n) is 3.87. The molecule has 0 radical (unpaired) electrons. The first-order valence-corrected chi connectivity index (χ1v) is 6.99. The van der Waals surface area contributed by atoms with Crippen LogP contribution in [0.15, 0.2) is 18.2 Å². The molecule has 7 nitrogen and oxygen atoms in total. The van der Waals surface area contributed by atoms with Gasteiger partial charge in [0.25, 0.3) is 0 Å². The maximum atomic E-state index is 10.8. The number of amides is 2. The van der Waals surface area contributed by atoms with E-state index in [0.717, 1.165) is 0 Å². The Labute approximate surface area is 131 Å². The number of nitrogens with zero attached hydrogens (tertiary/aromatic N) is 1. The Bertz CT molecular complexity index is 473. The van der Waals surface area contributed by atoms with E-state index in [4.69, 9.17) is 44.1 Å². The number of benzene rings is 1. The highest BCUT2D eigenvalue weighted by Crippen LogP contribution is 2.29. The summed E-state index contributed by atoms with van der Waals surface area (Å²) in [6, 6.07) is 4.42. The SMILES string of the molecule is NC(=O)Oc1cc(OC(N)=O)cc(N(CCCl)CCCl)c1. The number of anilines is 1. The van der Waals surface area contributed by atoms with Crippen molar-refractivity contribution in [2.75, 3.05) is 29.7 Å². The van der Waals surface area contributed by atoms with E-state index in [-0.39, 0.29) is 11.5 Å². The third kappa shape index (κ3) is 5.97. The van der Waals surface area contributed by atoms with Gasteiger partial charge in [-0.1, -0.05) is 0 Å². The van der Waals surface area contributed by atoms with Crippen LogP contribution in [0.25, 0.3) is 0 Å². The summed E-state index contributed by atoms with van der Waals surface area (Å²) in [6.45, 7) is 1.01. The van der Waals surface area contributed by atoms with Crippen LogP contribution in [0.3, 0.4) is 0 Å². The van der Waals surface area contributed by atoms with E-state index >= 15 is 0 Å². The van der Waals surface area contributed by atoms with E-state index in [9.17, 15) is 9.59 Å². The van der Waals surface area contributed by atoms with Gasteiger partial charge in [-0.25, -0.2) is 9.59 Å². The number of carbonyl (C=O) groups is 2. The molecule has 0 aliphatic carbocycles. The first-order chi connectivity index (χ1) is 9.96. The number of nitrogens with two attached hydrogens (primary N) is 2. The summed E-state index contributed by atoms with van der Waals surface area (Å²) < 4.78 is 9.60. The zero-order chi connectivity index (χ0) is 15.8. The van der Waals surface area contributed by atoms with E-state index in [1.165, 1.54) is 6.07 Å². The van der Waals surface area contributed by atoms with Gasteiger partial charge in [-0.15, -0.1) is 23.2 Å². The van der Waals surface area contributed by atoms with Crippen molar-refractivity contribution in [1.82, 2.24) is 0 Å². The van der Waals surface area contributed by atoms with Crippen molar-refractivity contribution in [3.63, 3.8) is 0 Å². The van der Waals surface area contributed by atoms with E-state index in [1.54, 1.807) is 12.1 Å². The lowest BCUT2D eigenvalue weighted by molar-refractivity contribution is 0.209. The van der Waals surface area contributed by atoms with Gasteiger partial charge >= 0.3 is 12.2 Å². The van der Waals surface area contributed by atoms with Crippen LogP contribution in [0, 0.1) is 0 Å². The Morgan fingerprint density at radius 3 is 1.71 bits per heavy atom. The molecule has 0 aromatic heterocycles. The van der Waals surface area contributed by atoms with E-state index in [0.29, 0.717) is 30.5 Å². The zero-order valence-corrected chi connectivity index (χ0v) is 12.6. The lowest BCUT2D eigenvalue weighted by Crippen LogP contribution is -2.28. The molecule has 0 saturated carbocycles.